The number of hydrogen-bond donors (Lipinski definition) is 2. The average molecular weight is 371 g/mol. The number of carbonyl (C=O) groups is 1. The number of rotatable bonds is 8. The van der Waals surface area contributed by atoms with Crippen LogP contribution in [0.25, 0.3) is 10.9 Å². The van der Waals surface area contributed by atoms with Gasteiger partial charge in [0.15, 0.2) is 0 Å². The molecule has 1 atom stereocenters. The van der Waals surface area contributed by atoms with Gasteiger partial charge in [-0.2, -0.15) is 0 Å². The van der Waals surface area contributed by atoms with Gasteiger partial charge in [0, 0.05) is 54.7 Å². The van der Waals surface area contributed by atoms with Crippen molar-refractivity contribution in [1.82, 2.24) is 10.3 Å². The summed E-state index contributed by atoms with van der Waals surface area (Å²) in [5.74, 6) is -0.0383. The molecule has 1 heterocycles. The predicted molar refractivity (Wildman–Crippen MR) is 106 cm³/mol. The molecular formula is C21H23ClN2O2. The van der Waals surface area contributed by atoms with Crippen LogP contribution in [0.5, 0.6) is 0 Å². The monoisotopic (exact) mass is 370 g/mol. The van der Waals surface area contributed by atoms with Crippen LogP contribution in [-0.4, -0.2) is 31.2 Å². The number of ether oxygens (including phenoxy) is 1. The number of H-pyrrole nitrogens is 1. The number of carbonyl (C=O) groups excluding carboxylic acids is 1. The van der Waals surface area contributed by atoms with E-state index in [2.05, 4.69) is 16.4 Å². The number of para-hydroxylation sites is 1. The molecule has 0 spiro atoms. The number of fused-ring (bicyclic) bond motifs is 1. The second-order valence-corrected chi connectivity index (χ2v) is 6.73. The minimum Gasteiger partial charge on any atom is -0.385 e. The van der Waals surface area contributed by atoms with Crippen LogP contribution in [0.3, 0.4) is 0 Å². The third-order valence-electron chi connectivity index (χ3n) is 4.48. The SMILES string of the molecule is COCCCNC(=O)CC(c1cccc(Cl)c1)c1c[nH]c2ccccc12. The summed E-state index contributed by atoms with van der Waals surface area (Å²) in [6, 6.07) is 15.9. The lowest BCUT2D eigenvalue weighted by molar-refractivity contribution is -0.121. The number of methoxy groups -OCH3 is 1. The van der Waals surface area contributed by atoms with Gasteiger partial charge in [-0.25, -0.2) is 0 Å². The maximum absolute atomic E-state index is 12.5. The summed E-state index contributed by atoms with van der Waals surface area (Å²) >= 11 is 6.20. The quantitative estimate of drug-likeness (QED) is 0.574. The molecule has 3 rings (SSSR count). The van der Waals surface area contributed by atoms with Crippen molar-refractivity contribution in [2.45, 2.75) is 18.8 Å². The molecule has 2 aromatic carbocycles. The molecule has 0 saturated heterocycles. The first-order chi connectivity index (χ1) is 12.7. The highest BCUT2D eigenvalue weighted by molar-refractivity contribution is 6.30. The molecule has 3 aromatic rings. The van der Waals surface area contributed by atoms with Crippen molar-refractivity contribution in [1.29, 1.82) is 0 Å². The molecule has 0 fully saturated rings. The van der Waals surface area contributed by atoms with E-state index in [4.69, 9.17) is 16.3 Å². The van der Waals surface area contributed by atoms with E-state index in [1.807, 2.05) is 48.7 Å². The topological polar surface area (TPSA) is 54.1 Å². The predicted octanol–water partition coefficient (Wildman–Crippen LogP) is 4.50. The lowest BCUT2D eigenvalue weighted by atomic mass is 9.88. The number of benzene rings is 2. The van der Waals surface area contributed by atoms with Gasteiger partial charge in [-0.05, 0) is 35.7 Å². The van der Waals surface area contributed by atoms with Gasteiger partial charge in [0.05, 0.1) is 0 Å². The summed E-state index contributed by atoms with van der Waals surface area (Å²) in [5, 5.41) is 4.78. The highest BCUT2D eigenvalue weighted by Gasteiger charge is 2.21. The Hall–Kier alpha value is -2.30. The van der Waals surface area contributed by atoms with Gasteiger partial charge in [-0.15, -0.1) is 0 Å². The van der Waals surface area contributed by atoms with Gasteiger partial charge in [0.1, 0.15) is 0 Å². The highest BCUT2D eigenvalue weighted by Crippen LogP contribution is 2.34. The van der Waals surface area contributed by atoms with Crippen LogP contribution in [0.15, 0.2) is 54.7 Å². The minimum atomic E-state index is -0.0627. The van der Waals surface area contributed by atoms with Crippen molar-refractivity contribution in [3.8, 4) is 0 Å². The molecule has 1 amide bonds. The molecule has 0 saturated carbocycles. The fraction of sp³-hybridized carbons (Fsp3) is 0.286. The van der Waals surface area contributed by atoms with Crippen molar-refractivity contribution in [3.05, 3.63) is 70.9 Å². The Bertz CT molecular complexity index is 875. The third kappa shape index (κ3) is 4.45. The van der Waals surface area contributed by atoms with Gasteiger partial charge >= 0.3 is 0 Å². The van der Waals surface area contributed by atoms with Crippen LogP contribution in [0.1, 0.15) is 29.9 Å². The Morgan fingerprint density at radius 2 is 2.08 bits per heavy atom. The lowest BCUT2D eigenvalue weighted by Gasteiger charge is -2.17. The van der Waals surface area contributed by atoms with Gasteiger partial charge in [-0.1, -0.05) is 41.9 Å². The highest BCUT2D eigenvalue weighted by atomic mass is 35.5. The van der Waals surface area contributed by atoms with Crippen LogP contribution in [0.2, 0.25) is 5.02 Å². The maximum atomic E-state index is 12.5. The Labute approximate surface area is 158 Å². The summed E-state index contributed by atoms with van der Waals surface area (Å²) in [4.78, 5) is 15.8. The first-order valence-electron chi connectivity index (χ1n) is 8.76. The maximum Gasteiger partial charge on any atom is 0.220 e. The number of halogens is 1. The van der Waals surface area contributed by atoms with Gasteiger partial charge < -0.3 is 15.0 Å². The Balaban J connectivity index is 1.86. The van der Waals surface area contributed by atoms with E-state index >= 15 is 0 Å². The van der Waals surface area contributed by atoms with E-state index in [0.717, 1.165) is 28.5 Å². The lowest BCUT2D eigenvalue weighted by Crippen LogP contribution is -2.27. The van der Waals surface area contributed by atoms with Crippen LogP contribution in [-0.2, 0) is 9.53 Å². The molecule has 2 N–H and O–H groups in total. The second-order valence-electron chi connectivity index (χ2n) is 6.30. The van der Waals surface area contributed by atoms with Gasteiger partial charge in [0.25, 0.3) is 0 Å². The summed E-state index contributed by atoms with van der Waals surface area (Å²) in [7, 11) is 1.66. The number of aromatic nitrogens is 1. The molecule has 5 heteroatoms. The number of hydrogen-bond acceptors (Lipinski definition) is 2. The Morgan fingerprint density at radius 1 is 1.23 bits per heavy atom. The first-order valence-corrected chi connectivity index (χ1v) is 9.14. The van der Waals surface area contributed by atoms with Crippen LogP contribution >= 0.6 is 11.6 Å². The van der Waals surface area contributed by atoms with Gasteiger partial charge in [0.2, 0.25) is 5.91 Å². The molecule has 136 valence electrons. The van der Waals surface area contributed by atoms with E-state index in [0.29, 0.717) is 24.6 Å². The molecule has 0 radical (unpaired) electrons. The molecule has 0 aliphatic heterocycles. The Kier molecular flexibility index (Phi) is 6.31. The molecule has 0 aliphatic carbocycles. The molecule has 0 aliphatic rings. The van der Waals surface area contributed by atoms with Crippen LogP contribution in [0.4, 0.5) is 0 Å². The molecule has 4 nitrogen and oxygen atoms in total. The standard InChI is InChI=1S/C21H23ClN2O2/c1-26-11-5-10-23-21(25)13-18(15-6-4-7-16(22)12-15)19-14-24-20-9-3-2-8-17(19)20/h2-4,6-9,12,14,18,24H,5,10-11,13H2,1H3,(H,23,25). The van der Waals surface area contributed by atoms with Crippen molar-refractivity contribution in [2.24, 2.45) is 0 Å². The van der Waals surface area contributed by atoms with Crippen molar-refractivity contribution < 1.29 is 9.53 Å². The summed E-state index contributed by atoms with van der Waals surface area (Å²) in [5.41, 5.74) is 3.21. The van der Waals surface area contributed by atoms with E-state index in [-0.39, 0.29) is 11.8 Å². The molecule has 0 bridgehead atoms. The normalized spacial score (nSPS) is 12.2. The third-order valence-corrected chi connectivity index (χ3v) is 4.72. The van der Waals surface area contributed by atoms with Crippen LogP contribution < -0.4 is 5.32 Å². The first kappa shape index (κ1) is 18.5. The fourth-order valence-electron chi connectivity index (χ4n) is 3.21. The largest absolute Gasteiger partial charge is 0.385 e. The fourth-order valence-corrected chi connectivity index (χ4v) is 3.41. The van der Waals surface area contributed by atoms with Crippen molar-refractivity contribution in [2.75, 3.05) is 20.3 Å². The molecule has 26 heavy (non-hydrogen) atoms. The van der Waals surface area contributed by atoms with E-state index in [1.54, 1.807) is 7.11 Å². The van der Waals surface area contributed by atoms with Crippen molar-refractivity contribution >= 4 is 28.4 Å². The van der Waals surface area contributed by atoms with Crippen molar-refractivity contribution in [3.63, 3.8) is 0 Å². The number of nitrogens with one attached hydrogen (secondary N) is 2. The zero-order valence-corrected chi connectivity index (χ0v) is 15.6. The average Bonchev–Trinajstić information content (AvgIpc) is 3.07. The van der Waals surface area contributed by atoms with E-state index in [1.165, 1.54) is 0 Å². The van der Waals surface area contributed by atoms with E-state index < -0.39 is 0 Å². The molecule has 1 aromatic heterocycles. The number of aromatic amines is 1. The summed E-state index contributed by atoms with van der Waals surface area (Å²) < 4.78 is 5.02. The van der Waals surface area contributed by atoms with E-state index in [9.17, 15) is 4.79 Å². The minimum absolute atomic E-state index is 0.0244. The zero-order chi connectivity index (χ0) is 18.4. The molecular weight excluding hydrogens is 348 g/mol. The zero-order valence-electron chi connectivity index (χ0n) is 14.8. The van der Waals surface area contributed by atoms with Gasteiger partial charge in [-0.3, -0.25) is 4.79 Å². The Morgan fingerprint density at radius 3 is 2.88 bits per heavy atom. The summed E-state index contributed by atoms with van der Waals surface area (Å²) in [6.07, 6.45) is 3.17. The second kappa shape index (κ2) is 8.88. The molecule has 1 unspecified atom stereocenters. The number of amides is 1. The smallest absolute Gasteiger partial charge is 0.220 e. The summed E-state index contributed by atoms with van der Waals surface area (Å²) in [6.45, 7) is 1.25. The van der Waals surface area contributed by atoms with Crippen LogP contribution in [0, 0.1) is 0 Å².